The zero-order chi connectivity index (χ0) is 13.5. The average Bonchev–Trinajstić information content (AvgIpc) is 2.36. The Labute approximate surface area is 116 Å². The molecule has 18 heavy (non-hydrogen) atoms. The Hall–Kier alpha value is -1.38. The second-order valence-corrected chi connectivity index (χ2v) is 5.15. The van der Waals surface area contributed by atoms with Crippen molar-refractivity contribution in [1.82, 2.24) is 4.90 Å². The number of amides is 1. The number of nitrogens with two attached hydrogens (primary N) is 1. The fraction of sp³-hybridized carbons (Fsp3) is 0.333. The number of benzene rings is 1. The predicted molar refractivity (Wildman–Crippen MR) is 74.5 cm³/mol. The molecule has 96 valence electrons. The highest BCUT2D eigenvalue weighted by molar-refractivity contribution is 8.00. The van der Waals surface area contributed by atoms with Crippen LogP contribution < -0.4 is 5.73 Å². The third-order valence-electron chi connectivity index (χ3n) is 2.32. The van der Waals surface area contributed by atoms with E-state index >= 15 is 0 Å². The highest BCUT2D eigenvalue weighted by atomic mass is 35.5. The molecule has 1 amide bonds. The number of rotatable bonds is 5. The van der Waals surface area contributed by atoms with Crippen LogP contribution in [-0.2, 0) is 4.79 Å². The first-order valence-electron chi connectivity index (χ1n) is 5.33. The lowest BCUT2D eigenvalue weighted by molar-refractivity contribution is -0.127. The van der Waals surface area contributed by atoms with E-state index in [0.29, 0.717) is 29.4 Å². The number of carbonyl (C=O) groups excluding carboxylic acids is 1. The van der Waals surface area contributed by atoms with Gasteiger partial charge < -0.3 is 10.6 Å². The van der Waals surface area contributed by atoms with Crippen molar-refractivity contribution in [2.45, 2.75) is 11.3 Å². The van der Waals surface area contributed by atoms with Crippen molar-refractivity contribution in [3.8, 4) is 6.07 Å². The quantitative estimate of drug-likeness (QED) is 0.665. The molecule has 4 nitrogen and oxygen atoms in total. The van der Waals surface area contributed by atoms with Gasteiger partial charge in [0.2, 0.25) is 5.91 Å². The monoisotopic (exact) mass is 283 g/mol. The highest BCUT2D eigenvalue weighted by Gasteiger charge is 2.09. The molecule has 0 saturated heterocycles. The van der Waals surface area contributed by atoms with Gasteiger partial charge in [-0.2, -0.15) is 5.26 Å². The molecule has 0 heterocycles. The van der Waals surface area contributed by atoms with Gasteiger partial charge in [0.1, 0.15) is 0 Å². The molecule has 1 rings (SSSR count). The fourth-order valence-corrected chi connectivity index (χ4v) is 2.32. The smallest absolute Gasteiger partial charge is 0.232 e. The minimum absolute atomic E-state index is 0.0109. The molecule has 1 aromatic rings. The van der Waals surface area contributed by atoms with Crippen molar-refractivity contribution in [1.29, 1.82) is 5.26 Å². The first-order valence-corrected chi connectivity index (χ1v) is 6.69. The maximum atomic E-state index is 11.7. The van der Waals surface area contributed by atoms with Crippen molar-refractivity contribution in [2.24, 2.45) is 0 Å². The van der Waals surface area contributed by atoms with E-state index in [2.05, 4.69) is 0 Å². The van der Waals surface area contributed by atoms with Crippen molar-refractivity contribution < 1.29 is 4.79 Å². The second kappa shape index (κ2) is 7.14. The number of nitrogens with zero attached hydrogens (tertiary/aromatic N) is 2. The molecular formula is C12H14ClN3OS. The normalized spacial score (nSPS) is 9.83. The summed E-state index contributed by atoms with van der Waals surface area (Å²) in [6, 6.07) is 7.29. The predicted octanol–water partition coefficient (Wildman–Crippen LogP) is 2.39. The Bertz CT molecular complexity index is 473. The second-order valence-electron chi connectivity index (χ2n) is 3.70. The number of halogens is 1. The molecule has 6 heteroatoms. The number of anilines is 1. The topological polar surface area (TPSA) is 70.1 Å². The van der Waals surface area contributed by atoms with Gasteiger partial charge in [-0.1, -0.05) is 11.6 Å². The number of hydrogen-bond donors (Lipinski definition) is 1. The molecular weight excluding hydrogens is 270 g/mol. The molecule has 1 aromatic carbocycles. The summed E-state index contributed by atoms with van der Waals surface area (Å²) in [5, 5.41) is 8.93. The van der Waals surface area contributed by atoms with E-state index in [4.69, 9.17) is 22.6 Å². The first kappa shape index (κ1) is 14.7. The lowest BCUT2D eigenvalue weighted by Crippen LogP contribution is -2.29. The summed E-state index contributed by atoms with van der Waals surface area (Å²) in [7, 11) is 1.69. The molecule has 0 aromatic heterocycles. The Morgan fingerprint density at radius 3 is 2.94 bits per heavy atom. The van der Waals surface area contributed by atoms with E-state index in [1.807, 2.05) is 12.1 Å². The first-order chi connectivity index (χ1) is 8.54. The molecule has 0 radical (unpaired) electrons. The van der Waals surface area contributed by atoms with Crippen molar-refractivity contribution >= 4 is 35.0 Å². The van der Waals surface area contributed by atoms with Crippen LogP contribution in [-0.4, -0.2) is 30.2 Å². The highest BCUT2D eigenvalue weighted by Crippen LogP contribution is 2.26. The molecule has 0 spiro atoms. The van der Waals surface area contributed by atoms with Gasteiger partial charge in [0.15, 0.2) is 0 Å². The molecule has 0 unspecified atom stereocenters. The number of nitrogen functional groups attached to an aromatic ring is 1. The Balaban J connectivity index is 2.47. The van der Waals surface area contributed by atoms with E-state index in [1.165, 1.54) is 11.8 Å². The van der Waals surface area contributed by atoms with Gasteiger partial charge in [0.05, 0.1) is 29.0 Å². The van der Waals surface area contributed by atoms with Gasteiger partial charge in [-0.05, 0) is 18.2 Å². The van der Waals surface area contributed by atoms with Crippen LogP contribution in [0.4, 0.5) is 5.69 Å². The summed E-state index contributed by atoms with van der Waals surface area (Å²) in [6.45, 7) is 0.457. The maximum Gasteiger partial charge on any atom is 0.232 e. The van der Waals surface area contributed by atoms with Crippen LogP contribution >= 0.6 is 23.4 Å². The number of thioether (sulfide) groups is 1. The number of nitriles is 1. The van der Waals surface area contributed by atoms with E-state index in [0.717, 1.165) is 4.90 Å². The van der Waals surface area contributed by atoms with Crippen LogP contribution in [0, 0.1) is 11.3 Å². The fourth-order valence-electron chi connectivity index (χ4n) is 1.20. The Morgan fingerprint density at radius 2 is 2.33 bits per heavy atom. The summed E-state index contributed by atoms with van der Waals surface area (Å²) < 4.78 is 0. The van der Waals surface area contributed by atoms with Gasteiger partial charge in [-0.3, -0.25) is 4.79 Å². The van der Waals surface area contributed by atoms with Crippen molar-refractivity contribution in [3.63, 3.8) is 0 Å². The van der Waals surface area contributed by atoms with Gasteiger partial charge in [-0.25, -0.2) is 0 Å². The summed E-state index contributed by atoms with van der Waals surface area (Å²) in [6.07, 6.45) is 0.348. The zero-order valence-corrected chi connectivity index (χ0v) is 11.6. The van der Waals surface area contributed by atoms with Gasteiger partial charge in [0.25, 0.3) is 0 Å². The minimum atomic E-state index is -0.0109. The van der Waals surface area contributed by atoms with Gasteiger partial charge in [-0.15, -0.1) is 11.8 Å². The van der Waals surface area contributed by atoms with E-state index < -0.39 is 0 Å². The summed E-state index contributed by atoms with van der Waals surface area (Å²) in [5.74, 6) is 0.311. The largest absolute Gasteiger partial charge is 0.398 e. The zero-order valence-electron chi connectivity index (χ0n) is 10.0. The molecule has 0 aliphatic heterocycles. The van der Waals surface area contributed by atoms with E-state index in [9.17, 15) is 4.79 Å². The van der Waals surface area contributed by atoms with E-state index in [1.54, 1.807) is 24.1 Å². The standard InChI is InChI=1S/C12H14ClN3OS/c1-16(6-2-5-14)12(17)8-18-9-3-4-11(15)10(13)7-9/h3-4,7H,2,6,8,15H2,1H3. The molecule has 0 bridgehead atoms. The summed E-state index contributed by atoms with van der Waals surface area (Å²) in [4.78, 5) is 14.2. The van der Waals surface area contributed by atoms with Crippen molar-refractivity contribution in [2.75, 3.05) is 25.1 Å². The molecule has 0 aliphatic carbocycles. The lowest BCUT2D eigenvalue weighted by atomic mass is 10.3. The maximum absolute atomic E-state index is 11.7. The summed E-state index contributed by atoms with van der Waals surface area (Å²) >= 11 is 7.29. The van der Waals surface area contributed by atoms with Gasteiger partial charge in [0, 0.05) is 18.5 Å². The molecule has 0 aliphatic rings. The number of hydrogen-bond acceptors (Lipinski definition) is 4. The molecule has 2 N–H and O–H groups in total. The van der Waals surface area contributed by atoms with E-state index in [-0.39, 0.29) is 5.91 Å². The van der Waals surface area contributed by atoms with Gasteiger partial charge >= 0.3 is 0 Å². The minimum Gasteiger partial charge on any atom is -0.398 e. The van der Waals surface area contributed by atoms with Crippen LogP contribution in [0.25, 0.3) is 0 Å². The van der Waals surface area contributed by atoms with Crippen molar-refractivity contribution in [3.05, 3.63) is 23.2 Å². The SMILES string of the molecule is CN(CCC#N)C(=O)CSc1ccc(N)c(Cl)c1. The molecule has 0 fully saturated rings. The molecule has 0 atom stereocenters. The number of carbonyl (C=O) groups is 1. The van der Waals surface area contributed by atoms with Crippen LogP contribution in [0.1, 0.15) is 6.42 Å². The Kier molecular flexibility index (Phi) is 5.83. The van der Waals surface area contributed by atoms with Crippen LogP contribution in [0.2, 0.25) is 5.02 Å². The third kappa shape index (κ3) is 4.47. The van der Waals surface area contributed by atoms with Crippen LogP contribution in [0.5, 0.6) is 0 Å². The average molecular weight is 284 g/mol. The van der Waals surface area contributed by atoms with Crippen LogP contribution in [0.15, 0.2) is 23.1 Å². The lowest BCUT2D eigenvalue weighted by Gasteiger charge is -2.15. The third-order valence-corrected chi connectivity index (χ3v) is 3.62. The van der Waals surface area contributed by atoms with Crippen LogP contribution in [0.3, 0.4) is 0 Å². The summed E-state index contributed by atoms with van der Waals surface area (Å²) in [5.41, 5.74) is 6.13. The Morgan fingerprint density at radius 1 is 1.61 bits per heavy atom. The molecule has 0 saturated carbocycles.